The van der Waals surface area contributed by atoms with Crippen LogP contribution in [0.3, 0.4) is 0 Å². The van der Waals surface area contributed by atoms with Crippen molar-refractivity contribution in [3.05, 3.63) is 21.9 Å². The van der Waals surface area contributed by atoms with E-state index in [2.05, 4.69) is 24.4 Å². The number of aryl methyl sites for hydroxylation is 1. The topological polar surface area (TPSA) is 12.0 Å². The molecule has 0 aliphatic heterocycles. The van der Waals surface area contributed by atoms with Gasteiger partial charge in [0.15, 0.2) is 0 Å². The van der Waals surface area contributed by atoms with Crippen LogP contribution in [0.5, 0.6) is 0 Å². The first-order valence-corrected chi connectivity index (χ1v) is 7.92. The minimum absolute atomic E-state index is 0.610. The third-order valence-electron chi connectivity index (χ3n) is 4.37. The minimum Gasteiger partial charge on any atom is -0.313 e. The second kappa shape index (κ2) is 4.74. The predicted octanol–water partition coefficient (Wildman–Crippen LogP) is 3.78. The van der Waals surface area contributed by atoms with E-state index in [1.807, 2.05) is 11.3 Å². The third kappa shape index (κ3) is 2.74. The molecule has 3 rings (SSSR count). The van der Waals surface area contributed by atoms with E-state index in [1.165, 1.54) is 51.5 Å². The van der Waals surface area contributed by atoms with Crippen LogP contribution in [0.25, 0.3) is 0 Å². The lowest BCUT2D eigenvalue weighted by Crippen LogP contribution is -2.42. The zero-order valence-corrected chi connectivity index (χ0v) is 11.6. The van der Waals surface area contributed by atoms with Crippen molar-refractivity contribution in [1.82, 2.24) is 5.32 Å². The molecule has 0 unspecified atom stereocenters. The van der Waals surface area contributed by atoms with Crippen LogP contribution >= 0.6 is 11.3 Å². The molecule has 0 spiro atoms. The van der Waals surface area contributed by atoms with Gasteiger partial charge < -0.3 is 5.32 Å². The number of nitrogens with one attached hydrogen (secondary N) is 1. The number of hydrogen-bond donors (Lipinski definition) is 1. The Morgan fingerprint density at radius 1 is 1.29 bits per heavy atom. The van der Waals surface area contributed by atoms with Crippen molar-refractivity contribution in [2.45, 2.75) is 57.9 Å². The Kier molecular flexibility index (Phi) is 3.27. The lowest BCUT2D eigenvalue weighted by molar-refractivity contribution is 0.130. The van der Waals surface area contributed by atoms with Gasteiger partial charge in [0.1, 0.15) is 0 Å². The van der Waals surface area contributed by atoms with Crippen LogP contribution in [0.2, 0.25) is 0 Å². The molecule has 2 saturated carbocycles. The van der Waals surface area contributed by atoms with Crippen molar-refractivity contribution in [3.63, 3.8) is 0 Å². The molecule has 2 heteroatoms. The van der Waals surface area contributed by atoms with Crippen molar-refractivity contribution in [2.75, 3.05) is 6.54 Å². The summed E-state index contributed by atoms with van der Waals surface area (Å²) < 4.78 is 0. The Morgan fingerprint density at radius 3 is 2.59 bits per heavy atom. The molecular formula is C15H23NS. The summed E-state index contributed by atoms with van der Waals surface area (Å²) in [6, 6.07) is 5.54. The number of hydrogen-bond acceptors (Lipinski definition) is 2. The minimum atomic E-state index is 0.610. The Labute approximate surface area is 109 Å². The van der Waals surface area contributed by atoms with Gasteiger partial charge in [-0.1, -0.05) is 13.3 Å². The highest BCUT2D eigenvalue weighted by Crippen LogP contribution is 2.44. The van der Waals surface area contributed by atoms with E-state index in [1.54, 1.807) is 9.75 Å². The second-order valence-corrected chi connectivity index (χ2v) is 7.16. The van der Waals surface area contributed by atoms with Gasteiger partial charge in [-0.25, -0.2) is 0 Å². The van der Waals surface area contributed by atoms with Crippen LogP contribution in [0.15, 0.2) is 12.1 Å². The van der Waals surface area contributed by atoms with Crippen molar-refractivity contribution in [1.29, 1.82) is 0 Å². The molecule has 0 atom stereocenters. The number of rotatable bonds is 6. The zero-order chi connectivity index (χ0) is 11.7. The molecule has 2 fully saturated rings. The molecule has 17 heavy (non-hydrogen) atoms. The van der Waals surface area contributed by atoms with Crippen molar-refractivity contribution in [2.24, 2.45) is 5.41 Å². The van der Waals surface area contributed by atoms with E-state index < -0.39 is 0 Å². The first kappa shape index (κ1) is 11.7. The first-order valence-electron chi connectivity index (χ1n) is 7.11. The Hall–Kier alpha value is -0.340. The molecule has 0 saturated heterocycles. The van der Waals surface area contributed by atoms with Crippen LogP contribution in [0, 0.1) is 5.41 Å². The van der Waals surface area contributed by atoms with Gasteiger partial charge in [-0.2, -0.15) is 0 Å². The van der Waals surface area contributed by atoms with Gasteiger partial charge in [0.05, 0.1) is 0 Å². The summed E-state index contributed by atoms with van der Waals surface area (Å²) in [5, 5.41) is 3.75. The van der Waals surface area contributed by atoms with Crippen LogP contribution in [0.4, 0.5) is 0 Å². The SMILES string of the molecule is CCc1ccc(CC2(CNC3CC3)CCC2)s1. The first-order chi connectivity index (χ1) is 8.30. The van der Waals surface area contributed by atoms with Gasteiger partial charge in [-0.3, -0.25) is 0 Å². The fraction of sp³-hybridized carbons (Fsp3) is 0.733. The normalized spacial score (nSPS) is 22.4. The van der Waals surface area contributed by atoms with Crippen LogP contribution in [-0.2, 0) is 12.8 Å². The fourth-order valence-corrected chi connectivity index (χ4v) is 3.95. The highest BCUT2D eigenvalue weighted by Gasteiger charge is 2.38. The highest BCUT2D eigenvalue weighted by molar-refractivity contribution is 7.11. The van der Waals surface area contributed by atoms with E-state index in [0.717, 1.165) is 6.04 Å². The van der Waals surface area contributed by atoms with Gasteiger partial charge in [-0.05, 0) is 56.1 Å². The Balaban J connectivity index is 1.59. The van der Waals surface area contributed by atoms with Crippen molar-refractivity contribution >= 4 is 11.3 Å². The maximum atomic E-state index is 3.75. The summed E-state index contributed by atoms with van der Waals surface area (Å²) in [7, 11) is 0. The fourth-order valence-electron chi connectivity index (χ4n) is 2.82. The molecule has 2 aliphatic carbocycles. The molecular weight excluding hydrogens is 226 g/mol. The van der Waals surface area contributed by atoms with Crippen LogP contribution in [-0.4, -0.2) is 12.6 Å². The van der Waals surface area contributed by atoms with Crippen molar-refractivity contribution < 1.29 is 0 Å². The largest absolute Gasteiger partial charge is 0.313 e. The molecule has 0 amide bonds. The molecule has 1 N–H and O–H groups in total. The molecule has 0 bridgehead atoms. The maximum Gasteiger partial charge on any atom is 0.00684 e. The second-order valence-electron chi connectivity index (χ2n) is 5.91. The highest BCUT2D eigenvalue weighted by atomic mass is 32.1. The van der Waals surface area contributed by atoms with Gasteiger partial charge >= 0.3 is 0 Å². The van der Waals surface area contributed by atoms with Gasteiger partial charge in [0, 0.05) is 22.3 Å². The molecule has 0 aromatic carbocycles. The Morgan fingerprint density at radius 2 is 2.06 bits per heavy atom. The molecule has 94 valence electrons. The average molecular weight is 249 g/mol. The summed E-state index contributed by atoms with van der Waals surface area (Å²) in [6.07, 6.45) is 9.65. The molecule has 1 nitrogen and oxygen atoms in total. The van der Waals surface area contributed by atoms with Crippen LogP contribution < -0.4 is 5.32 Å². The summed E-state index contributed by atoms with van der Waals surface area (Å²) >= 11 is 2.03. The number of thiophene rings is 1. The lowest BCUT2D eigenvalue weighted by Gasteiger charge is -2.42. The maximum absolute atomic E-state index is 3.75. The van der Waals surface area contributed by atoms with Gasteiger partial charge in [0.25, 0.3) is 0 Å². The predicted molar refractivity (Wildman–Crippen MR) is 74.7 cm³/mol. The van der Waals surface area contributed by atoms with E-state index in [-0.39, 0.29) is 0 Å². The van der Waals surface area contributed by atoms with Gasteiger partial charge in [-0.15, -0.1) is 11.3 Å². The zero-order valence-electron chi connectivity index (χ0n) is 10.8. The summed E-state index contributed by atoms with van der Waals surface area (Å²) in [4.78, 5) is 3.16. The molecule has 1 aromatic rings. The van der Waals surface area contributed by atoms with Gasteiger partial charge in [0.2, 0.25) is 0 Å². The van der Waals surface area contributed by atoms with Crippen LogP contribution in [0.1, 0.15) is 48.8 Å². The smallest absolute Gasteiger partial charge is 0.00684 e. The molecule has 0 radical (unpaired) electrons. The standard InChI is InChI=1S/C15H23NS/c1-2-13-6-7-14(17-13)10-15(8-3-9-15)11-16-12-4-5-12/h6-7,12,16H,2-5,8-11H2,1H3. The van der Waals surface area contributed by atoms with E-state index in [4.69, 9.17) is 0 Å². The molecule has 1 heterocycles. The summed E-state index contributed by atoms with van der Waals surface area (Å²) in [5.41, 5.74) is 0.610. The van der Waals surface area contributed by atoms with E-state index in [0.29, 0.717) is 5.41 Å². The lowest BCUT2D eigenvalue weighted by atomic mass is 9.66. The van der Waals surface area contributed by atoms with E-state index >= 15 is 0 Å². The summed E-state index contributed by atoms with van der Waals surface area (Å²) in [6.45, 7) is 3.51. The quantitative estimate of drug-likeness (QED) is 0.809. The summed E-state index contributed by atoms with van der Waals surface area (Å²) in [5.74, 6) is 0. The van der Waals surface area contributed by atoms with E-state index in [9.17, 15) is 0 Å². The Bertz CT molecular complexity index is 374. The van der Waals surface area contributed by atoms with Crippen molar-refractivity contribution in [3.8, 4) is 0 Å². The third-order valence-corrected chi connectivity index (χ3v) is 5.60. The monoisotopic (exact) mass is 249 g/mol. The average Bonchev–Trinajstić information content (AvgIpc) is 3.01. The molecule has 2 aliphatic rings. The molecule has 1 aromatic heterocycles.